The number of rotatable bonds is 4. The number of nitrogens with one attached hydrogen (secondary N) is 1. The van der Waals surface area contributed by atoms with Crippen LogP contribution in [0.15, 0.2) is 0 Å². The standard InChI is InChI=1S/C14H24N2O4/c1-19-14(18)11-4-8-16(9-5-11)13(17)10-20-12-2-6-15-7-3-12/h11-12,15H,2-10H2,1H3. The number of methoxy groups -OCH3 is 1. The van der Waals surface area contributed by atoms with E-state index in [1.54, 1.807) is 4.90 Å². The lowest BCUT2D eigenvalue weighted by Crippen LogP contribution is -2.43. The number of hydrogen-bond donors (Lipinski definition) is 1. The maximum Gasteiger partial charge on any atom is 0.308 e. The molecule has 2 saturated heterocycles. The highest BCUT2D eigenvalue weighted by atomic mass is 16.5. The Hall–Kier alpha value is -1.14. The number of nitrogens with zero attached hydrogens (tertiary/aromatic N) is 1. The summed E-state index contributed by atoms with van der Waals surface area (Å²) in [6.07, 6.45) is 3.51. The van der Waals surface area contributed by atoms with Crippen LogP contribution in [-0.2, 0) is 19.1 Å². The van der Waals surface area contributed by atoms with Gasteiger partial charge in [-0.3, -0.25) is 9.59 Å². The van der Waals surface area contributed by atoms with E-state index in [2.05, 4.69) is 5.32 Å². The van der Waals surface area contributed by atoms with Crippen LogP contribution in [0.3, 0.4) is 0 Å². The van der Waals surface area contributed by atoms with Crippen LogP contribution < -0.4 is 5.32 Å². The molecule has 6 heteroatoms. The Kier molecular flexibility index (Phi) is 5.79. The van der Waals surface area contributed by atoms with E-state index in [0.717, 1.165) is 25.9 Å². The molecule has 0 unspecified atom stereocenters. The fraction of sp³-hybridized carbons (Fsp3) is 0.857. The molecule has 0 radical (unpaired) electrons. The van der Waals surface area contributed by atoms with E-state index in [9.17, 15) is 9.59 Å². The highest BCUT2D eigenvalue weighted by molar-refractivity contribution is 5.78. The second-order valence-electron chi connectivity index (χ2n) is 5.44. The number of likely N-dealkylation sites (tertiary alicyclic amines) is 1. The first-order chi connectivity index (χ1) is 9.70. The molecular formula is C14H24N2O4. The minimum atomic E-state index is -0.164. The summed E-state index contributed by atoms with van der Waals surface area (Å²) in [5, 5.41) is 3.27. The second kappa shape index (κ2) is 7.59. The molecule has 6 nitrogen and oxygen atoms in total. The highest BCUT2D eigenvalue weighted by Gasteiger charge is 2.28. The van der Waals surface area contributed by atoms with Gasteiger partial charge >= 0.3 is 5.97 Å². The van der Waals surface area contributed by atoms with Crippen LogP contribution in [-0.4, -0.2) is 62.8 Å². The molecule has 0 saturated carbocycles. The fourth-order valence-electron chi connectivity index (χ4n) is 2.77. The largest absolute Gasteiger partial charge is 0.469 e. The molecule has 0 aromatic heterocycles. The fourth-order valence-corrected chi connectivity index (χ4v) is 2.77. The maximum absolute atomic E-state index is 12.1. The van der Waals surface area contributed by atoms with Crippen LogP contribution in [0.1, 0.15) is 25.7 Å². The molecule has 0 spiro atoms. The smallest absolute Gasteiger partial charge is 0.308 e. The van der Waals surface area contributed by atoms with Gasteiger partial charge in [0, 0.05) is 13.1 Å². The van der Waals surface area contributed by atoms with Crippen LogP contribution in [0.2, 0.25) is 0 Å². The Morgan fingerprint density at radius 3 is 2.40 bits per heavy atom. The number of piperidine rings is 2. The van der Waals surface area contributed by atoms with Crippen molar-refractivity contribution in [2.24, 2.45) is 5.92 Å². The van der Waals surface area contributed by atoms with Crippen LogP contribution in [0.5, 0.6) is 0 Å². The molecule has 0 aromatic carbocycles. The lowest BCUT2D eigenvalue weighted by Gasteiger charge is -2.31. The van der Waals surface area contributed by atoms with Gasteiger partial charge in [0.1, 0.15) is 6.61 Å². The van der Waals surface area contributed by atoms with Gasteiger partial charge in [-0.1, -0.05) is 0 Å². The van der Waals surface area contributed by atoms with Crippen LogP contribution >= 0.6 is 0 Å². The van der Waals surface area contributed by atoms with Crippen molar-refractivity contribution in [2.45, 2.75) is 31.8 Å². The second-order valence-corrected chi connectivity index (χ2v) is 5.44. The summed E-state index contributed by atoms with van der Waals surface area (Å²) in [5.74, 6) is -0.190. The van der Waals surface area contributed by atoms with E-state index in [4.69, 9.17) is 9.47 Å². The minimum absolute atomic E-state index is 0.0341. The summed E-state index contributed by atoms with van der Waals surface area (Å²) in [4.78, 5) is 25.3. The predicted octanol–water partition coefficient (Wildman–Crippen LogP) is 0.167. The van der Waals surface area contributed by atoms with Gasteiger partial charge in [-0.15, -0.1) is 0 Å². The van der Waals surface area contributed by atoms with Crippen molar-refractivity contribution in [3.8, 4) is 0 Å². The molecule has 2 fully saturated rings. The van der Waals surface area contributed by atoms with Crippen molar-refractivity contribution in [1.29, 1.82) is 0 Å². The molecule has 0 aliphatic carbocycles. The molecule has 0 aromatic rings. The van der Waals surface area contributed by atoms with Crippen molar-refractivity contribution in [2.75, 3.05) is 39.9 Å². The monoisotopic (exact) mass is 284 g/mol. The zero-order valence-corrected chi connectivity index (χ0v) is 12.1. The summed E-state index contributed by atoms with van der Waals surface area (Å²) in [6, 6.07) is 0. The SMILES string of the molecule is COC(=O)C1CCN(C(=O)COC2CCNCC2)CC1. The molecule has 2 aliphatic heterocycles. The Labute approximate surface area is 119 Å². The van der Waals surface area contributed by atoms with Crippen molar-refractivity contribution in [3.63, 3.8) is 0 Å². The Morgan fingerprint density at radius 2 is 1.80 bits per heavy atom. The Balaban J connectivity index is 1.67. The lowest BCUT2D eigenvalue weighted by molar-refractivity contribution is -0.150. The van der Waals surface area contributed by atoms with Gasteiger partial charge in [0.15, 0.2) is 0 Å². The average Bonchev–Trinajstić information content (AvgIpc) is 2.53. The number of ether oxygens (including phenoxy) is 2. The van der Waals surface area contributed by atoms with E-state index in [1.165, 1.54) is 7.11 Å². The zero-order valence-electron chi connectivity index (χ0n) is 12.1. The summed E-state index contributed by atoms with van der Waals surface area (Å²) in [5.41, 5.74) is 0. The quantitative estimate of drug-likeness (QED) is 0.745. The van der Waals surface area contributed by atoms with Crippen molar-refractivity contribution >= 4 is 11.9 Å². The first-order valence-electron chi connectivity index (χ1n) is 7.38. The maximum atomic E-state index is 12.1. The third-order valence-electron chi connectivity index (χ3n) is 4.11. The van der Waals surface area contributed by atoms with E-state index < -0.39 is 0 Å². The average molecular weight is 284 g/mol. The summed E-state index contributed by atoms with van der Waals surface area (Å²) in [6.45, 7) is 3.32. The van der Waals surface area contributed by atoms with E-state index in [-0.39, 0.29) is 30.5 Å². The van der Waals surface area contributed by atoms with Gasteiger partial charge in [0.25, 0.3) is 0 Å². The van der Waals surface area contributed by atoms with Crippen LogP contribution in [0.4, 0.5) is 0 Å². The van der Waals surface area contributed by atoms with Crippen LogP contribution in [0.25, 0.3) is 0 Å². The number of carbonyl (C=O) groups is 2. The molecule has 114 valence electrons. The zero-order chi connectivity index (χ0) is 14.4. The number of hydrogen-bond acceptors (Lipinski definition) is 5. The third-order valence-corrected chi connectivity index (χ3v) is 4.11. The van der Waals surface area contributed by atoms with Crippen LogP contribution in [0, 0.1) is 5.92 Å². The first kappa shape index (κ1) is 15.3. The number of esters is 1. The summed E-state index contributed by atoms with van der Waals surface area (Å²) in [7, 11) is 1.41. The van der Waals surface area contributed by atoms with Gasteiger partial charge in [0.05, 0.1) is 19.1 Å². The van der Waals surface area contributed by atoms with Crippen molar-refractivity contribution in [1.82, 2.24) is 10.2 Å². The van der Waals surface area contributed by atoms with E-state index >= 15 is 0 Å². The molecule has 1 amide bonds. The highest BCUT2D eigenvalue weighted by Crippen LogP contribution is 2.18. The third kappa shape index (κ3) is 4.18. The molecule has 2 rings (SSSR count). The van der Waals surface area contributed by atoms with Crippen molar-refractivity contribution < 1.29 is 19.1 Å². The molecule has 2 heterocycles. The van der Waals surface area contributed by atoms with Crippen molar-refractivity contribution in [3.05, 3.63) is 0 Å². The molecular weight excluding hydrogens is 260 g/mol. The Morgan fingerprint density at radius 1 is 1.15 bits per heavy atom. The normalized spacial score (nSPS) is 21.8. The molecule has 20 heavy (non-hydrogen) atoms. The topological polar surface area (TPSA) is 67.9 Å². The number of amides is 1. The Bertz CT molecular complexity index is 334. The van der Waals surface area contributed by atoms with Gasteiger partial charge < -0.3 is 19.7 Å². The lowest BCUT2D eigenvalue weighted by atomic mass is 9.97. The molecule has 0 bridgehead atoms. The van der Waals surface area contributed by atoms with Gasteiger partial charge in [-0.25, -0.2) is 0 Å². The number of carbonyl (C=O) groups excluding carboxylic acids is 2. The summed E-state index contributed by atoms with van der Waals surface area (Å²) >= 11 is 0. The van der Waals surface area contributed by atoms with Gasteiger partial charge in [-0.2, -0.15) is 0 Å². The van der Waals surface area contributed by atoms with Gasteiger partial charge in [-0.05, 0) is 38.8 Å². The van der Waals surface area contributed by atoms with Gasteiger partial charge in [0.2, 0.25) is 5.91 Å². The minimum Gasteiger partial charge on any atom is -0.469 e. The molecule has 1 N–H and O–H groups in total. The molecule has 0 atom stereocenters. The van der Waals surface area contributed by atoms with E-state index in [0.29, 0.717) is 25.9 Å². The summed E-state index contributed by atoms with van der Waals surface area (Å²) < 4.78 is 10.4. The first-order valence-corrected chi connectivity index (χ1v) is 7.38. The molecule has 2 aliphatic rings. The van der Waals surface area contributed by atoms with E-state index in [1.807, 2.05) is 0 Å². The predicted molar refractivity (Wildman–Crippen MR) is 73.2 cm³/mol.